The number of carbonyl (C=O) groups excluding carboxylic acids is 3. The van der Waals surface area contributed by atoms with Crippen molar-refractivity contribution in [3.63, 3.8) is 0 Å². The summed E-state index contributed by atoms with van der Waals surface area (Å²) in [4.78, 5) is 39.2. The standard InChI is InChI=1S/C17H17N3O4/c1-9-13(12-4-5-15(21)20-17(12)23)6-10-2-3-11(7-14(10)19-9)24-16(22)8-18/h2-3,6-7,12H,4-5,8,18H2,1H3,(H,20,21,23). The molecule has 1 atom stereocenters. The summed E-state index contributed by atoms with van der Waals surface area (Å²) in [5.74, 6) is -1.06. The van der Waals surface area contributed by atoms with Crippen LogP contribution < -0.4 is 15.8 Å². The van der Waals surface area contributed by atoms with Crippen LogP contribution in [0.5, 0.6) is 5.75 Å². The molecule has 7 nitrogen and oxygen atoms in total. The molecule has 0 spiro atoms. The van der Waals surface area contributed by atoms with Crippen LogP contribution in [0.4, 0.5) is 0 Å². The molecule has 3 N–H and O–H groups in total. The van der Waals surface area contributed by atoms with Gasteiger partial charge in [0.15, 0.2) is 0 Å². The number of imide groups is 1. The van der Waals surface area contributed by atoms with Gasteiger partial charge in [-0.2, -0.15) is 0 Å². The van der Waals surface area contributed by atoms with E-state index >= 15 is 0 Å². The molecule has 1 saturated heterocycles. The van der Waals surface area contributed by atoms with Gasteiger partial charge in [0.1, 0.15) is 5.75 Å². The van der Waals surface area contributed by atoms with E-state index in [-0.39, 0.29) is 24.3 Å². The van der Waals surface area contributed by atoms with Crippen LogP contribution in [-0.2, 0) is 14.4 Å². The molecular formula is C17H17N3O4. The Balaban J connectivity index is 1.95. The van der Waals surface area contributed by atoms with Crippen LogP contribution >= 0.6 is 0 Å². The lowest BCUT2D eigenvalue weighted by Gasteiger charge is -2.22. The maximum absolute atomic E-state index is 12.1. The zero-order chi connectivity index (χ0) is 17.3. The highest BCUT2D eigenvalue weighted by molar-refractivity contribution is 6.01. The van der Waals surface area contributed by atoms with Gasteiger partial charge in [-0.1, -0.05) is 0 Å². The fraction of sp³-hybridized carbons (Fsp3) is 0.294. The number of aryl methyl sites for hydroxylation is 1. The summed E-state index contributed by atoms with van der Waals surface area (Å²) in [6.07, 6.45) is 0.798. The number of nitrogens with one attached hydrogen (secondary N) is 1. The SMILES string of the molecule is Cc1nc2cc(OC(=O)CN)ccc2cc1C1CCC(=O)NC1=O. The number of aromatic nitrogens is 1. The average molecular weight is 327 g/mol. The number of rotatable bonds is 3. The van der Waals surface area contributed by atoms with Crippen LogP contribution in [0.3, 0.4) is 0 Å². The summed E-state index contributed by atoms with van der Waals surface area (Å²) < 4.78 is 5.08. The quantitative estimate of drug-likeness (QED) is 0.493. The highest BCUT2D eigenvalue weighted by atomic mass is 16.5. The zero-order valence-electron chi connectivity index (χ0n) is 13.2. The number of nitrogens with two attached hydrogens (primary N) is 1. The Labute approximate surface area is 138 Å². The van der Waals surface area contributed by atoms with Crippen LogP contribution in [-0.4, -0.2) is 29.3 Å². The monoisotopic (exact) mass is 327 g/mol. The van der Waals surface area contributed by atoms with Gasteiger partial charge >= 0.3 is 5.97 Å². The number of benzene rings is 1. The van der Waals surface area contributed by atoms with E-state index in [4.69, 9.17) is 10.5 Å². The van der Waals surface area contributed by atoms with Gasteiger partial charge in [-0.05, 0) is 37.1 Å². The summed E-state index contributed by atoms with van der Waals surface area (Å²) in [5.41, 5.74) is 7.40. The summed E-state index contributed by atoms with van der Waals surface area (Å²) in [6, 6.07) is 6.98. The van der Waals surface area contributed by atoms with Crippen molar-refractivity contribution in [1.29, 1.82) is 0 Å². The second kappa shape index (κ2) is 6.37. The number of carbonyl (C=O) groups is 3. The molecule has 124 valence electrons. The Morgan fingerprint density at radius 1 is 1.38 bits per heavy atom. The third kappa shape index (κ3) is 3.11. The highest BCUT2D eigenvalue weighted by Gasteiger charge is 2.29. The van der Waals surface area contributed by atoms with Crippen molar-refractivity contribution in [3.05, 3.63) is 35.5 Å². The summed E-state index contributed by atoms with van der Waals surface area (Å²) in [6.45, 7) is 1.62. The van der Waals surface area contributed by atoms with E-state index < -0.39 is 5.97 Å². The van der Waals surface area contributed by atoms with Gasteiger partial charge in [-0.25, -0.2) is 0 Å². The lowest BCUT2D eigenvalue weighted by Crippen LogP contribution is -2.39. The van der Waals surface area contributed by atoms with Crippen molar-refractivity contribution in [3.8, 4) is 5.75 Å². The molecule has 0 aliphatic carbocycles. The smallest absolute Gasteiger partial charge is 0.325 e. The van der Waals surface area contributed by atoms with Gasteiger partial charge in [0, 0.05) is 23.6 Å². The fourth-order valence-electron chi connectivity index (χ4n) is 2.84. The van der Waals surface area contributed by atoms with Crippen molar-refractivity contribution in [2.24, 2.45) is 5.73 Å². The van der Waals surface area contributed by atoms with E-state index in [0.29, 0.717) is 29.8 Å². The van der Waals surface area contributed by atoms with E-state index in [0.717, 1.165) is 10.9 Å². The average Bonchev–Trinajstić information content (AvgIpc) is 2.54. The zero-order valence-corrected chi connectivity index (χ0v) is 13.2. The molecule has 7 heteroatoms. The Hall–Kier alpha value is -2.80. The third-order valence-corrected chi connectivity index (χ3v) is 4.03. The topological polar surface area (TPSA) is 111 Å². The predicted octanol–water partition coefficient (Wildman–Crippen LogP) is 0.928. The van der Waals surface area contributed by atoms with Gasteiger partial charge in [-0.15, -0.1) is 0 Å². The number of amides is 2. The van der Waals surface area contributed by atoms with E-state index in [1.807, 2.05) is 13.0 Å². The Morgan fingerprint density at radius 2 is 2.17 bits per heavy atom. The minimum atomic E-state index is -0.522. The first-order chi connectivity index (χ1) is 11.5. The molecule has 3 rings (SSSR count). The lowest BCUT2D eigenvalue weighted by atomic mass is 9.89. The third-order valence-electron chi connectivity index (χ3n) is 4.03. The first-order valence-electron chi connectivity index (χ1n) is 7.63. The fourth-order valence-corrected chi connectivity index (χ4v) is 2.84. The predicted molar refractivity (Wildman–Crippen MR) is 86.3 cm³/mol. The summed E-state index contributed by atoms with van der Waals surface area (Å²) >= 11 is 0. The summed E-state index contributed by atoms with van der Waals surface area (Å²) in [5, 5.41) is 3.19. The molecule has 1 aliphatic rings. The van der Waals surface area contributed by atoms with Crippen LogP contribution in [0.25, 0.3) is 10.9 Å². The molecule has 2 heterocycles. The number of esters is 1. The number of nitrogens with zero attached hydrogens (tertiary/aromatic N) is 1. The second-order valence-electron chi connectivity index (χ2n) is 5.70. The number of ether oxygens (including phenoxy) is 1. The maximum Gasteiger partial charge on any atom is 0.325 e. The molecule has 0 radical (unpaired) electrons. The summed E-state index contributed by atoms with van der Waals surface area (Å²) in [7, 11) is 0. The normalized spacial score (nSPS) is 17.7. The maximum atomic E-state index is 12.1. The van der Waals surface area contributed by atoms with Crippen LogP contribution in [0.1, 0.15) is 30.0 Å². The number of hydrogen-bond acceptors (Lipinski definition) is 6. The first-order valence-corrected chi connectivity index (χ1v) is 7.63. The number of piperidine rings is 1. The molecule has 1 aromatic heterocycles. The number of fused-ring (bicyclic) bond motifs is 1. The van der Waals surface area contributed by atoms with Gasteiger partial charge < -0.3 is 10.5 Å². The molecule has 24 heavy (non-hydrogen) atoms. The van der Waals surface area contributed by atoms with Crippen molar-refractivity contribution in [2.45, 2.75) is 25.7 Å². The van der Waals surface area contributed by atoms with Crippen molar-refractivity contribution >= 4 is 28.7 Å². The van der Waals surface area contributed by atoms with Gasteiger partial charge in [0.05, 0.1) is 18.0 Å². The second-order valence-corrected chi connectivity index (χ2v) is 5.70. The van der Waals surface area contributed by atoms with Crippen molar-refractivity contribution in [2.75, 3.05) is 6.54 Å². The van der Waals surface area contributed by atoms with E-state index in [1.165, 1.54) is 0 Å². The van der Waals surface area contributed by atoms with Crippen LogP contribution in [0.15, 0.2) is 24.3 Å². The molecule has 2 amide bonds. The molecule has 1 aliphatic heterocycles. The van der Waals surface area contributed by atoms with Gasteiger partial charge in [0.25, 0.3) is 0 Å². The minimum absolute atomic E-state index is 0.195. The van der Waals surface area contributed by atoms with Gasteiger partial charge in [0.2, 0.25) is 11.8 Å². The van der Waals surface area contributed by atoms with E-state index in [9.17, 15) is 14.4 Å². The van der Waals surface area contributed by atoms with Gasteiger partial charge in [-0.3, -0.25) is 24.7 Å². The molecular weight excluding hydrogens is 310 g/mol. The van der Waals surface area contributed by atoms with Crippen LogP contribution in [0.2, 0.25) is 0 Å². The Kier molecular flexibility index (Phi) is 4.26. The van der Waals surface area contributed by atoms with Crippen molar-refractivity contribution < 1.29 is 19.1 Å². The lowest BCUT2D eigenvalue weighted by molar-refractivity contribution is -0.134. The largest absolute Gasteiger partial charge is 0.426 e. The highest BCUT2D eigenvalue weighted by Crippen LogP contribution is 2.30. The molecule has 0 saturated carbocycles. The van der Waals surface area contributed by atoms with Crippen LogP contribution in [0, 0.1) is 6.92 Å². The first kappa shape index (κ1) is 16.1. The van der Waals surface area contributed by atoms with E-state index in [1.54, 1.807) is 18.2 Å². The Morgan fingerprint density at radius 3 is 2.88 bits per heavy atom. The molecule has 1 fully saturated rings. The minimum Gasteiger partial charge on any atom is -0.426 e. The number of pyridine rings is 1. The molecule has 1 aromatic carbocycles. The molecule has 1 unspecified atom stereocenters. The molecule has 2 aromatic rings. The number of hydrogen-bond donors (Lipinski definition) is 2. The Bertz CT molecular complexity index is 847. The van der Waals surface area contributed by atoms with Crippen molar-refractivity contribution in [1.82, 2.24) is 10.3 Å². The van der Waals surface area contributed by atoms with E-state index in [2.05, 4.69) is 10.3 Å². The molecule has 0 bridgehead atoms.